The Morgan fingerprint density at radius 2 is 1.90 bits per heavy atom. The summed E-state index contributed by atoms with van der Waals surface area (Å²) in [7, 11) is 0. The molecule has 3 aromatic rings. The van der Waals surface area contributed by atoms with Gasteiger partial charge in [-0.3, -0.25) is 9.88 Å². The van der Waals surface area contributed by atoms with Crippen molar-refractivity contribution in [1.82, 2.24) is 20.2 Å². The van der Waals surface area contributed by atoms with Crippen LogP contribution in [0.2, 0.25) is 0 Å². The van der Waals surface area contributed by atoms with E-state index in [-0.39, 0.29) is 11.1 Å². The maximum absolute atomic E-state index is 13.8. The number of fused-ring (bicyclic) bond motifs is 2. The average Bonchev–Trinajstić information content (AvgIpc) is 3.46. The van der Waals surface area contributed by atoms with Gasteiger partial charge in [0.25, 0.3) is 0 Å². The molecule has 1 N–H and O–H groups in total. The molecule has 1 atom stereocenters. The van der Waals surface area contributed by atoms with Crippen LogP contribution in [0, 0.1) is 0 Å². The molecule has 1 aromatic carbocycles. The standard InChI is InChI=1S/C31H36F3N5O/c1-2-40-29-23(8-6-16-36-29)26-12-11-24-27(37-26)20-38(19-22-7-5-15-35-22)21-30(24)13-17-39(18-14-30)28-10-4-3-9-25(28)31(32,33)34/h3-4,6,8-12,16,22,35H,2,5,7,13-15,17-21H2,1H3/t22-/m0/s1. The summed E-state index contributed by atoms with van der Waals surface area (Å²) in [6, 6.07) is 14.6. The van der Waals surface area contributed by atoms with Gasteiger partial charge in [-0.2, -0.15) is 13.2 Å². The van der Waals surface area contributed by atoms with E-state index in [0.29, 0.717) is 31.6 Å². The van der Waals surface area contributed by atoms with Crippen molar-refractivity contribution in [2.24, 2.45) is 0 Å². The van der Waals surface area contributed by atoms with E-state index in [9.17, 15) is 13.2 Å². The predicted molar refractivity (Wildman–Crippen MR) is 150 cm³/mol. The topological polar surface area (TPSA) is 53.5 Å². The van der Waals surface area contributed by atoms with Gasteiger partial charge in [-0.25, -0.2) is 4.98 Å². The largest absolute Gasteiger partial charge is 0.477 e. The first-order valence-corrected chi connectivity index (χ1v) is 14.3. The molecular formula is C31H36F3N5O. The molecule has 0 aliphatic carbocycles. The molecule has 6 rings (SSSR count). The van der Waals surface area contributed by atoms with Crippen LogP contribution in [0.5, 0.6) is 5.88 Å². The van der Waals surface area contributed by atoms with Crippen molar-refractivity contribution < 1.29 is 17.9 Å². The van der Waals surface area contributed by atoms with Gasteiger partial charge in [0.1, 0.15) is 0 Å². The Kier molecular flexibility index (Phi) is 7.44. The highest BCUT2D eigenvalue weighted by atomic mass is 19.4. The molecule has 0 radical (unpaired) electrons. The smallest absolute Gasteiger partial charge is 0.418 e. The minimum absolute atomic E-state index is 0.154. The summed E-state index contributed by atoms with van der Waals surface area (Å²) in [5.74, 6) is 0.576. The summed E-state index contributed by atoms with van der Waals surface area (Å²) in [6.45, 7) is 7.26. The molecule has 6 nitrogen and oxygen atoms in total. The number of hydrogen-bond acceptors (Lipinski definition) is 6. The fourth-order valence-electron chi connectivity index (χ4n) is 6.82. The minimum atomic E-state index is -4.37. The number of anilines is 1. The second-order valence-electron chi connectivity index (χ2n) is 11.2. The van der Waals surface area contributed by atoms with Gasteiger partial charge in [-0.05, 0) is 75.0 Å². The molecule has 2 fully saturated rings. The Bertz CT molecular complexity index is 1330. The minimum Gasteiger partial charge on any atom is -0.477 e. The van der Waals surface area contributed by atoms with E-state index in [0.717, 1.165) is 56.0 Å². The normalized spacial score (nSPS) is 21.0. The third-order valence-electron chi connectivity index (χ3n) is 8.68. The predicted octanol–water partition coefficient (Wildman–Crippen LogP) is 5.67. The summed E-state index contributed by atoms with van der Waals surface area (Å²) in [6.07, 6.45) is 1.26. The monoisotopic (exact) mass is 551 g/mol. The Labute approximate surface area is 233 Å². The Morgan fingerprint density at radius 3 is 2.65 bits per heavy atom. The number of rotatable bonds is 6. The van der Waals surface area contributed by atoms with Crippen molar-refractivity contribution >= 4 is 5.69 Å². The highest BCUT2D eigenvalue weighted by Crippen LogP contribution is 2.45. The molecule has 0 unspecified atom stereocenters. The van der Waals surface area contributed by atoms with Crippen LogP contribution in [0.1, 0.15) is 49.4 Å². The highest BCUT2D eigenvalue weighted by molar-refractivity contribution is 5.65. The molecule has 5 heterocycles. The molecule has 0 bridgehead atoms. The van der Waals surface area contributed by atoms with E-state index in [2.05, 4.69) is 27.3 Å². The lowest BCUT2D eigenvalue weighted by Crippen LogP contribution is -2.54. The van der Waals surface area contributed by atoms with Gasteiger partial charge in [-0.15, -0.1) is 0 Å². The molecule has 3 aliphatic heterocycles. The van der Waals surface area contributed by atoms with E-state index in [4.69, 9.17) is 9.72 Å². The fraction of sp³-hybridized carbons (Fsp3) is 0.484. The van der Waals surface area contributed by atoms with Crippen molar-refractivity contribution in [3.63, 3.8) is 0 Å². The second kappa shape index (κ2) is 11.0. The molecule has 40 heavy (non-hydrogen) atoms. The third-order valence-corrected chi connectivity index (χ3v) is 8.68. The number of nitrogens with zero attached hydrogens (tertiary/aromatic N) is 4. The van der Waals surface area contributed by atoms with Crippen LogP contribution in [0.25, 0.3) is 11.3 Å². The van der Waals surface area contributed by atoms with Crippen molar-refractivity contribution in [3.8, 4) is 17.1 Å². The van der Waals surface area contributed by atoms with Crippen molar-refractivity contribution in [2.45, 2.75) is 56.8 Å². The summed E-state index contributed by atoms with van der Waals surface area (Å²) in [5, 5.41) is 3.63. The molecule has 2 saturated heterocycles. The lowest BCUT2D eigenvalue weighted by Gasteiger charge is -2.49. The zero-order valence-corrected chi connectivity index (χ0v) is 22.9. The van der Waals surface area contributed by atoms with Gasteiger partial charge in [0.2, 0.25) is 5.88 Å². The third kappa shape index (κ3) is 5.29. The molecular weight excluding hydrogens is 515 g/mol. The van der Waals surface area contributed by atoms with Crippen LogP contribution in [0.15, 0.2) is 54.7 Å². The van der Waals surface area contributed by atoms with Crippen LogP contribution in [-0.2, 0) is 18.1 Å². The second-order valence-corrected chi connectivity index (χ2v) is 11.2. The SMILES string of the molecule is CCOc1ncccc1-c1ccc2c(n1)CN(C[C@@H]1CCCN1)CC21CCN(c2ccccc2C(F)(F)F)CC1. The number of benzene rings is 1. The number of aromatic nitrogens is 2. The molecule has 1 spiro atoms. The van der Waals surface area contributed by atoms with E-state index < -0.39 is 11.7 Å². The molecule has 9 heteroatoms. The highest BCUT2D eigenvalue weighted by Gasteiger charge is 2.44. The summed E-state index contributed by atoms with van der Waals surface area (Å²) in [4.78, 5) is 14.0. The first-order valence-electron chi connectivity index (χ1n) is 14.3. The number of ether oxygens (including phenoxy) is 1. The van der Waals surface area contributed by atoms with Crippen LogP contribution in [-0.4, -0.2) is 60.2 Å². The van der Waals surface area contributed by atoms with E-state index in [1.807, 2.05) is 24.0 Å². The van der Waals surface area contributed by atoms with Crippen LogP contribution < -0.4 is 15.0 Å². The Morgan fingerprint density at radius 1 is 1.07 bits per heavy atom. The lowest BCUT2D eigenvalue weighted by molar-refractivity contribution is -0.137. The number of pyridine rings is 2. The number of hydrogen-bond donors (Lipinski definition) is 1. The fourth-order valence-corrected chi connectivity index (χ4v) is 6.82. The molecule has 2 aromatic heterocycles. The van der Waals surface area contributed by atoms with E-state index >= 15 is 0 Å². The molecule has 0 saturated carbocycles. The van der Waals surface area contributed by atoms with Crippen molar-refractivity contribution in [2.75, 3.05) is 44.2 Å². The summed E-state index contributed by atoms with van der Waals surface area (Å²) >= 11 is 0. The molecule has 0 amide bonds. The van der Waals surface area contributed by atoms with Gasteiger partial charge in [0.05, 0.1) is 29.1 Å². The number of piperidine rings is 1. The zero-order valence-electron chi connectivity index (χ0n) is 22.9. The van der Waals surface area contributed by atoms with Crippen LogP contribution >= 0.6 is 0 Å². The molecule has 3 aliphatic rings. The van der Waals surface area contributed by atoms with Gasteiger partial charge in [0.15, 0.2) is 0 Å². The van der Waals surface area contributed by atoms with Gasteiger partial charge >= 0.3 is 6.18 Å². The number of alkyl halides is 3. The average molecular weight is 552 g/mol. The molecule has 212 valence electrons. The first kappa shape index (κ1) is 27.0. The zero-order chi connectivity index (χ0) is 27.7. The Balaban J connectivity index is 1.32. The van der Waals surface area contributed by atoms with E-state index in [1.54, 1.807) is 18.3 Å². The number of halogens is 3. The van der Waals surface area contributed by atoms with Crippen LogP contribution in [0.4, 0.5) is 18.9 Å². The maximum Gasteiger partial charge on any atom is 0.418 e. The maximum atomic E-state index is 13.8. The van der Waals surface area contributed by atoms with Gasteiger partial charge in [0, 0.05) is 56.1 Å². The Hall–Kier alpha value is -3.17. The van der Waals surface area contributed by atoms with Crippen LogP contribution in [0.3, 0.4) is 0 Å². The first-order chi connectivity index (χ1) is 19.4. The summed E-state index contributed by atoms with van der Waals surface area (Å²) < 4.78 is 47.1. The quantitative estimate of drug-likeness (QED) is 0.426. The van der Waals surface area contributed by atoms with Crippen molar-refractivity contribution in [3.05, 3.63) is 71.5 Å². The lowest BCUT2D eigenvalue weighted by atomic mass is 9.69. The summed E-state index contributed by atoms with van der Waals surface area (Å²) in [5.41, 5.74) is 3.56. The number of para-hydroxylation sites is 1. The van der Waals surface area contributed by atoms with Crippen molar-refractivity contribution in [1.29, 1.82) is 0 Å². The van der Waals surface area contributed by atoms with E-state index in [1.165, 1.54) is 30.5 Å². The number of nitrogens with one attached hydrogen (secondary N) is 1. The van der Waals surface area contributed by atoms with Gasteiger partial charge in [-0.1, -0.05) is 18.2 Å². The van der Waals surface area contributed by atoms with Gasteiger partial charge < -0.3 is 15.0 Å².